The van der Waals surface area contributed by atoms with Crippen molar-refractivity contribution in [2.75, 3.05) is 6.61 Å². The summed E-state index contributed by atoms with van der Waals surface area (Å²) in [6.45, 7) is 5.65. The fourth-order valence-electron chi connectivity index (χ4n) is 3.04. The van der Waals surface area contributed by atoms with E-state index in [0.29, 0.717) is 11.8 Å². The molecule has 3 aromatic rings. The molecular weight excluding hydrogens is 380 g/mol. The predicted octanol–water partition coefficient (Wildman–Crippen LogP) is 3.26. The Hall–Kier alpha value is -3.61. The highest BCUT2D eigenvalue weighted by Gasteiger charge is 2.15. The molecule has 0 saturated carbocycles. The maximum Gasteiger partial charge on any atom is 0.262 e. The molecule has 0 saturated heterocycles. The van der Waals surface area contributed by atoms with Crippen LogP contribution in [0.3, 0.4) is 0 Å². The molecule has 2 amide bonds. The van der Waals surface area contributed by atoms with Crippen LogP contribution in [0.25, 0.3) is 10.9 Å². The van der Waals surface area contributed by atoms with Crippen LogP contribution in [0.4, 0.5) is 0 Å². The number of nitrogens with zero attached hydrogens (tertiary/aromatic N) is 2. The van der Waals surface area contributed by atoms with Crippen molar-refractivity contribution in [3.63, 3.8) is 0 Å². The van der Waals surface area contributed by atoms with Gasteiger partial charge in [-0.15, -0.1) is 0 Å². The van der Waals surface area contributed by atoms with Crippen LogP contribution in [0.5, 0.6) is 5.75 Å². The van der Waals surface area contributed by atoms with Crippen molar-refractivity contribution in [1.29, 1.82) is 0 Å². The molecule has 2 N–H and O–H groups in total. The van der Waals surface area contributed by atoms with Gasteiger partial charge in [-0.1, -0.05) is 36.4 Å². The number of benzene rings is 2. The van der Waals surface area contributed by atoms with Gasteiger partial charge >= 0.3 is 0 Å². The molecule has 3 rings (SSSR count). The summed E-state index contributed by atoms with van der Waals surface area (Å²) in [6, 6.07) is 16.6. The van der Waals surface area contributed by atoms with Crippen molar-refractivity contribution in [3.05, 3.63) is 66.4 Å². The van der Waals surface area contributed by atoms with E-state index in [4.69, 9.17) is 4.74 Å². The molecule has 0 bridgehead atoms. The smallest absolute Gasteiger partial charge is 0.262 e. The lowest BCUT2D eigenvalue weighted by Gasteiger charge is -2.12. The highest BCUT2D eigenvalue weighted by Crippen LogP contribution is 2.23. The van der Waals surface area contributed by atoms with Crippen molar-refractivity contribution < 1.29 is 14.3 Å². The van der Waals surface area contributed by atoms with Gasteiger partial charge in [0.15, 0.2) is 6.61 Å². The molecule has 1 aromatic heterocycles. The lowest BCUT2D eigenvalue weighted by atomic mass is 10.2. The van der Waals surface area contributed by atoms with E-state index in [-0.39, 0.29) is 12.5 Å². The van der Waals surface area contributed by atoms with Gasteiger partial charge in [0, 0.05) is 28.7 Å². The minimum absolute atomic E-state index is 0.167. The van der Waals surface area contributed by atoms with Crippen molar-refractivity contribution in [1.82, 2.24) is 15.3 Å². The second-order valence-corrected chi connectivity index (χ2v) is 7.23. The number of hydrogen-bond acceptors (Lipinski definition) is 4. The Morgan fingerprint density at radius 1 is 1.07 bits per heavy atom. The van der Waals surface area contributed by atoms with Gasteiger partial charge in [-0.2, -0.15) is 5.10 Å². The van der Waals surface area contributed by atoms with Crippen LogP contribution >= 0.6 is 0 Å². The summed E-state index contributed by atoms with van der Waals surface area (Å²) in [5.41, 5.74) is 4.50. The second-order valence-electron chi connectivity index (χ2n) is 7.23. The van der Waals surface area contributed by atoms with Crippen molar-refractivity contribution in [2.24, 2.45) is 5.10 Å². The van der Waals surface area contributed by atoms with E-state index in [0.717, 1.165) is 16.5 Å². The normalized spacial score (nSPS) is 12.3. The maximum absolute atomic E-state index is 12.2. The molecule has 0 radical (unpaired) electrons. The average Bonchev–Trinajstić information content (AvgIpc) is 3.12. The first kappa shape index (κ1) is 21.1. The molecule has 7 heteroatoms. The Kier molecular flexibility index (Phi) is 6.85. The number of nitrogens with one attached hydrogen (secondary N) is 2. The lowest BCUT2D eigenvalue weighted by Crippen LogP contribution is -2.45. The summed E-state index contributed by atoms with van der Waals surface area (Å²) in [5, 5.41) is 7.72. The molecule has 0 fully saturated rings. The number of carbonyl (C=O) groups is 2. The number of hydrogen-bond donors (Lipinski definition) is 2. The van der Waals surface area contributed by atoms with Gasteiger partial charge in [0.2, 0.25) is 0 Å². The summed E-state index contributed by atoms with van der Waals surface area (Å²) in [7, 11) is 0. The summed E-state index contributed by atoms with van der Waals surface area (Å²) < 4.78 is 7.53. The Bertz CT molecular complexity index is 1040. The van der Waals surface area contributed by atoms with Gasteiger partial charge in [-0.25, -0.2) is 5.43 Å². The van der Waals surface area contributed by atoms with Crippen LogP contribution in [0.15, 0.2) is 65.9 Å². The van der Waals surface area contributed by atoms with Crippen molar-refractivity contribution >= 4 is 28.9 Å². The Morgan fingerprint density at radius 2 is 1.77 bits per heavy atom. The number of carbonyl (C=O) groups excluding carboxylic acids is 2. The number of hydrazone groups is 1. The monoisotopic (exact) mass is 406 g/mol. The summed E-state index contributed by atoms with van der Waals surface area (Å²) >= 11 is 0. The third kappa shape index (κ3) is 5.26. The van der Waals surface area contributed by atoms with E-state index < -0.39 is 11.9 Å². The van der Waals surface area contributed by atoms with Gasteiger partial charge in [0.25, 0.3) is 11.8 Å². The predicted molar refractivity (Wildman–Crippen MR) is 118 cm³/mol. The van der Waals surface area contributed by atoms with Crippen molar-refractivity contribution in [3.8, 4) is 5.75 Å². The molecule has 0 spiro atoms. The third-order valence-corrected chi connectivity index (χ3v) is 4.59. The quantitative estimate of drug-likeness (QED) is 0.445. The fraction of sp³-hybridized carbons (Fsp3) is 0.261. The summed E-state index contributed by atoms with van der Waals surface area (Å²) in [4.78, 5) is 24.2. The number of ether oxygens (including phenoxy) is 1. The molecule has 0 aliphatic carbocycles. The standard InChI is InChI=1S/C23H26N4O3/c1-16(2)27-14-18(20-11-7-8-12-21(20)27)13-24-26-23(29)17(3)25-22(28)15-30-19-9-5-4-6-10-19/h4-14,16-17H,15H2,1-3H3,(H,25,28)(H,26,29)/b24-13-/t17-/m0/s1. The molecule has 156 valence electrons. The summed E-state index contributed by atoms with van der Waals surface area (Å²) in [5.74, 6) is -0.202. The molecule has 1 atom stereocenters. The zero-order chi connectivity index (χ0) is 21.5. The molecule has 0 aliphatic rings. The van der Waals surface area contributed by atoms with Crippen LogP contribution in [0.1, 0.15) is 32.4 Å². The zero-order valence-corrected chi connectivity index (χ0v) is 17.3. The van der Waals surface area contributed by atoms with Crippen LogP contribution < -0.4 is 15.5 Å². The van der Waals surface area contributed by atoms with E-state index in [9.17, 15) is 9.59 Å². The van der Waals surface area contributed by atoms with Crippen LogP contribution in [0, 0.1) is 0 Å². The summed E-state index contributed by atoms with van der Waals surface area (Å²) in [6.07, 6.45) is 3.63. The van der Waals surface area contributed by atoms with Gasteiger partial charge in [0.1, 0.15) is 11.8 Å². The molecule has 2 aromatic carbocycles. The van der Waals surface area contributed by atoms with Crippen molar-refractivity contribution in [2.45, 2.75) is 32.9 Å². The number of fused-ring (bicyclic) bond motifs is 1. The number of amides is 2. The Labute approximate surface area is 175 Å². The molecule has 0 unspecified atom stereocenters. The molecular formula is C23H26N4O3. The minimum Gasteiger partial charge on any atom is -0.484 e. The third-order valence-electron chi connectivity index (χ3n) is 4.59. The van der Waals surface area contributed by atoms with Gasteiger partial charge < -0.3 is 14.6 Å². The highest BCUT2D eigenvalue weighted by atomic mass is 16.5. The Morgan fingerprint density at radius 3 is 2.50 bits per heavy atom. The van der Waals surface area contributed by atoms with E-state index >= 15 is 0 Å². The Balaban J connectivity index is 1.54. The van der Waals surface area contributed by atoms with E-state index in [1.54, 1.807) is 25.3 Å². The first-order valence-electron chi connectivity index (χ1n) is 9.85. The van der Waals surface area contributed by atoms with E-state index in [1.807, 2.05) is 42.6 Å². The minimum atomic E-state index is -0.744. The zero-order valence-electron chi connectivity index (χ0n) is 17.3. The largest absolute Gasteiger partial charge is 0.484 e. The fourth-order valence-corrected chi connectivity index (χ4v) is 3.04. The van der Waals surface area contributed by atoms with E-state index in [1.165, 1.54) is 0 Å². The highest BCUT2D eigenvalue weighted by molar-refractivity contribution is 6.00. The number of para-hydroxylation sites is 2. The molecule has 7 nitrogen and oxygen atoms in total. The number of rotatable bonds is 8. The topological polar surface area (TPSA) is 84.7 Å². The average molecular weight is 406 g/mol. The van der Waals surface area contributed by atoms with Gasteiger partial charge in [-0.3, -0.25) is 9.59 Å². The number of aromatic nitrogens is 1. The molecule has 0 aliphatic heterocycles. The SMILES string of the molecule is CC(C)n1cc(/C=N\NC(=O)[C@H](C)NC(=O)COc2ccccc2)c2ccccc21. The lowest BCUT2D eigenvalue weighted by molar-refractivity contribution is -0.129. The molecule has 30 heavy (non-hydrogen) atoms. The second kappa shape index (κ2) is 9.73. The maximum atomic E-state index is 12.2. The van der Waals surface area contributed by atoms with Crippen LogP contribution in [-0.4, -0.2) is 35.2 Å². The van der Waals surface area contributed by atoms with Crippen LogP contribution in [-0.2, 0) is 9.59 Å². The van der Waals surface area contributed by atoms with Gasteiger partial charge in [-0.05, 0) is 39.0 Å². The van der Waals surface area contributed by atoms with E-state index in [2.05, 4.69) is 40.3 Å². The first-order chi connectivity index (χ1) is 14.5. The van der Waals surface area contributed by atoms with Crippen LogP contribution in [0.2, 0.25) is 0 Å². The first-order valence-corrected chi connectivity index (χ1v) is 9.85. The molecule has 1 heterocycles. The van der Waals surface area contributed by atoms with Gasteiger partial charge in [0.05, 0.1) is 6.21 Å².